The van der Waals surface area contributed by atoms with E-state index in [0.29, 0.717) is 11.1 Å². The maximum absolute atomic E-state index is 14.0. The standard InChI is InChI=1S/C29H20O3/c1-16-12-19-23(30)14-21-25(17-8-4-2-5-9-17)29(32)26(18-10-6-3-7-11-18)22-15-24(31)20(13-16)27(19)28(21)22/h2-15,25-26,28H,1H3. The number of ketones is 3. The molecule has 0 saturated heterocycles. The van der Waals surface area contributed by atoms with Crippen LogP contribution in [0.5, 0.6) is 0 Å². The van der Waals surface area contributed by atoms with Gasteiger partial charge in [-0.2, -0.15) is 0 Å². The Hall–Kier alpha value is -3.85. The average molecular weight is 416 g/mol. The van der Waals surface area contributed by atoms with Crippen molar-refractivity contribution >= 4 is 17.3 Å². The molecule has 1 saturated carbocycles. The lowest BCUT2D eigenvalue weighted by Crippen LogP contribution is -2.39. The highest BCUT2D eigenvalue weighted by atomic mass is 16.1. The third-order valence-electron chi connectivity index (χ3n) is 6.91. The molecular formula is C29H20O3. The Morgan fingerprint density at radius 3 is 1.47 bits per heavy atom. The summed E-state index contributed by atoms with van der Waals surface area (Å²) in [7, 11) is 0. The first kappa shape index (κ1) is 18.9. The van der Waals surface area contributed by atoms with Crippen LogP contribution in [0.25, 0.3) is 0 Å². The molecule has 0 spiro atoms. The van der Waals surface area contributed by atoms with Gasteiger partial charge < -0.3 is 0 Å². The summed E-state index contributed by atoms with van der Waals surface area (Å²) in [6.07, 6.45) is 3.30. The SMILES string of the molecule is Cc1cc2c3c(c1)C(=O)C=C1C(c4ccccc4)C(=O)C(c4ccccc4)C(=CC2=O)C13. The fraction of sp³-hybridized carbons (Fsp3) is 0.138. The van der Waals surface area contributed by atoms with Crippen LogP contribution < -0.4 is 0 Å². The first-order chi connectivity index (χ1) is 15.5. The van der Waals surface area contributed by atoms with E-state index in [-0.39, 0.29) is 23.3 Å². The molecular weight excluding hydrogens is 396 g/mol. The quantitative estimate of drug-likeness (QED) is 0.556. The topological polar surface area (TPSA) is 51.2 Å². The van der Waals surface area contributed by atoms with Crippen molar-refractivity contribution in [3.63, 3.8) is 0 Å². The van der Waals surface area contributed by atoms with Crippen molar-refractivity contribution in [3.8, 4) is 0 Å². The third kappa shape index (κ3) is 2.57. The Bertz CT molecular complexity index is 1280. The minimum absolute atomic E-state index is 0.00996. The van der Waals surface area contributed by atoms with Gasteiger partial charge in [0.05, 0.1) is 11.8 Å². The van der Waals surface area contributed by atoms with E-state index in [9.17, 15) is 14.4 Å². The van der Waals surface area contributed by atoms with Crippen molar-refractivity contribution in [1.29, 1.82) is 0 Å². The molecule has 3 aliphatic rings. The van der Waals surface area contributed by atoms with Gasteiger partial charge in [0.1, 0.15) is 0 Å². The van der Waals surface area contributed by atoms with E-state index in [1.54, 1.807) is 12.2 Å². The number of rotatable bonds is 2. The molecule has 2 unspecified atom stereocenters. The molecule has 6 rings (SSSR count). The molecule has 3 aromatic carbocycles. The molecule has 3 nitrogen and oxygen atoms in total. The fourth-order valence-corrected chi connectivity index (χ4v) is 5.67. The predicted octanol–water partition coefficient (Wildman–Crippen LogP) is 5.47. The van der Waals surface area contributed by atoms with Crippen LogP contribution in [0.1, 0.15) is 60.7 Å². The van der Waals surface area contributed by atoms with Crippen LogP contribution in [0, 0.1) is 6.92 Å². The normalized spacial score (nSPS) is 23.4. The van der Waals surface area contributed by atoms with E-state index >= 15 is 0 Å². The molecule has 0 aliphatic heterocycles. The molecule has 0 radical (unpaired) electrons. The van der Waals surface area contributed by atoms with Crippen molar-refractivity contribution in [2.24, 2.45) is 0 Å². The first-order valence-corrected chi connectivity index (χ1v) is 10.8. The van der Waals surface area contributed by atoms with Gasteiger partial charge >= 0.3 is 0 Å². The van der Waals surface area contributed by atoms with Crippen molar-refractivity contribution in [2.75, 3.05) is 0 Å². The Kier molecular flexibility index (Phi) is 4.03. The highest BCUT2D eigenvalue weighted by Gasteiger charge is 2.50. The average Bonchev–Trinajstić information content (AvgIpc) is 2.80. The summed E-state index contributed by atoms with van der Waals surface area (Å²) in [5.41, 5.74) is 6.16. The van der Waals surface area contributed by atoms with E-state index in [4.69, 9.17) is 0 Å². The third-order valence-corrected chi connectivity index (χ3v) is 6.91. The van der Waals surface area contributed by atoms with Crippen LogP contribution in [-0.2, 0) is 4.79 Å². The zero-order valence-electron chi connectivity index (χ0n) is 17.5. The molecule has 154 valence electrons. The van der Waals surface area contributed by atoms with Crippen LogP contribution in [-0.4, -0.2) is 17.3 Å². The van der Waals surface area contributed by atoms with Crippen molar-refractivity contribution < 1.29 is 14.4 Å². The van der Waals surface area contributed by atoms with Gasteiger partial charge in [-0.05, 0) is 64.6 Å². The summed E-state index contributed by atoms with van der Waals surface area (Å²) in [5, 5.41) is 0. The van der Waals surface area contributed by atoms with Crippen LogP contribution >= 0.6 is 0 Å². The number of carbonyl (C=O) groups excluding carboxylic acids is 3. The summed E-state index contributed by atoms with van der Waals surface area (Å²) >= 11 is 0. The largest absolute Gasteiger partial charge is 0.298 e. The first-order valence-electron chi connectivity index (χ1n) is 10.8. The summed E-state index contributed by atoms with van der Waals surface area (Å²) in [5.74, 6) is -1.54. The monoisotopic (exact) mass is 416 g/mol. The molecule has 0 amide bonds. The van der Waals surface area contributed by atoms with Crippen molar-refractivity contribution in [3.05, 3.63) is 129 Å². The zero-order chi connectivity index (χ0) is 22.0. The van der Waals surface area contributed by atoms with Crippen LogP contribution in [0.4, 0.5) is 0 Å². The van der Waals surface area contributed by atoms with Gasteiger partial charge in [-0.1, -0.05) is 60.7 Å². The van der Waals surface area contributed by atoms with Crippen LogP contribution in [0.3, 0.4) is 0 Å². The van der Waals surface area contributed by atoms with E-state index in [0.717, 1.165) is 33.4 Å². The van der Waals surface area contributed by atoms with Gasteiger partial charge in [0.2, 0.25) is 0 Å². The molecule has 3 heteroatoms. The van der Waals surface area contributed by atoms with Gasteiger partial charge in [-0.25, -0.2) is 0 Å². The van der Waals surface area contributed by atoms with Crippen molar-refractivity contribution in [2.45, 2.75) is 24.7 Å². The van der Waals surface area contributed by atoms with Crippen LogP contribution in [0.15, 0.2) is 96.1 Å². The number of aryl methyl sites for hydroxylation is 1. The number of Topliss-reactive ketones (excluding diaryl/α,β-unsaturated/α-hetero) is 1. The zero-order valence-corrected chi connectivity index (χ0v) is 17.5. The van der Waals surface area contributed by atoms with Gasteiger partial charge in [-0.3, -0.25) is 14.4 Å². The Balaban J connectivity index is 1.67. The highest BCUT2D eigenvalue weighted by molar-refractivity contribution is 6.18. The van der Waals surface area contributed by atoms with E-state index in [1.807, 2.05) is 79.7 Å². The lowest BCUT2D eigenvalue weighted by Gasteiger charge is -2.44. The maximum atomic E-state index is 14.0. The number of benzene rings is 3. The Morgan fingerprint density at radius 1 is 0.594 bits per heavy atom. The van der Waals surface area contributed by atoms with E-state index in [1.165, 1.54) is 0 Å². The minimum atomic E-state index is -0.525. The van der Waals surface area contributed by atoms with E-state index < -0.39 is 11.8 Å². The van der Waals surface area contributed by atoms with Gasteiger partial charge in [0.25, 0.3) is 0 Å². The summed E-state index contributed by atoms with van der Waals surface area (Å²) < 4.78 is 0. The van der Waals surface area contributed by atoms with Gasteiger partial charge in [-0.15, -0.1) is 0 Å². The molecule has 0 aromatic heterocycles. The second-order valence-electron chi connectivity index (χ2n) is 8.81. The molecule has 3 aliphatic carbocycles. The second kappa shape index (κ2) is 6.83. The summed E-state index contributed by atoms with van der Waals surface area (Å²) in [6, 6.07) is 23.1. The number of carbonyl (C=O) groups is 3. The molecule has 32 heavy (non-hydrogen) atoms. The molecule has 2 atom stereocenters. The number of hydrogen-bond acceptors (Lipinski definition) is 3. The Labute approximate surface area is 186 Å². The molecule has 0 N–H and O–H groups in total. The molecule has 1 fully saturated rings. The number of hydrogen-bond donors (Lipinski definition) is 0. The smallest absolute Gasteiger partial charge is 0.186 e. The van der Waals surface area contributed by atoms with Crippen molar-refractivity contribution in [1.82, 2.24) is 0 Å². The molecule has 0 bridgehead atoms. The van der Waals surface area contributed by atoms with Gasteiger partial charge in [0.15, 0.2) is 17.3 Å². The highest BCUT2D eigenvalue weighted by Crippen LogP contribution is 2.56. The van der Waals surface area contributed by atoms with E-state index in [2.05, 4.69) is 0 Å². The summed E-state index contributed by atoms with van der Waals surface area (Å²) in [6.45, 7) is 1.90. The lowest BCUT2D eigenvalue weighted by molar-refractivity contribution is -0.121. The molecule has 3 aromatic rings. The fourth-order valence-electron chi connectivity index (χ4n) is 5.67. The summed E-state index contributed by atoms with van der Waals surface area (Å²) in [4.78, 5) is 40.4. The maximum Gasteiger partial charge on any atom is 0.186 e. The number of allylic oxidation sites excluding steroid dienone is 4. The minimum Gasteiger partial charge on any atom is -0.298 e. The van der Waals surface area contributed by atoms with Crippen LogP contribution in [0.2, 0.25) is 0 Å². The Morgan fingerprint density at radius 2 is 1.03 bits per heavy atom. The second-order valence-corrected chi connectivity index (χ2v) is 8.81. The lowest BCUT2D eigenvalue weighted by atomic mass is 9.57. The molecule has 0 heterocycles. The van der Waals surface area contributed by atoms with Gasteiger partial charge in [0, 0.05) is 17.0 Å². The predicted molar refractivity (Wildman–Crippen MR) is 122 cm³/mol.